The summed E-state index contributed by atoms with van der Waals surface area (Å²) in [6.45, 7) is 2.12. The van der Waals surface area contributed by atoms with E-state index in [1.165, 1.54) is 18.4 Å². The minimum absolute atomic E-state index is 0.204. The topological polar surface area (TPSA) is 59.5 Å². The highest BCUT2D eigenvalue weighted by molar-refractivity contribution is 7.10. The average Bonchev–Trinajstić information content (AvgIpc) is 3.18. The van der Waals surface area contributed by atoms with Crippen LogP contribution in [0.2, 0.25) is 0 Å². The van der Waals surface area contributed by atoms with Gasteiger partial charge in [0.1, 0.15) is 0 Å². The Morgan fingerprint density at radius 1 is 1.38 bits per heavy atom. The normalized spacial score (nSPS) is 16.2. The molecule has 3 rings (SSSR count). The van der Waals surface area contributed by atoms with E-state index in [1.807, 2.05) is 29.6 Å². The lowest BCUT2D eigenvalue weighted by molar-refractivity contribution is -0.136. The Kier molecular flexibility index (Phi) is 4.57. The number of ether oxygens (including phenoxy) is 1. The first kappa shape index (κ1) is 16.1. The first-order chi connectivity index (χ1) is 11.6. The molecule has 0 aliphatic carbocycles. The summed E-state index contributed by atoms with van der Waals surface area (Å²) in [5.74, 6) is -0.706. The largest absolute Gasteiger partial charge is 0.465 e. The minimum Gasteiger partial charge on any atom is -0.465 e. The van der Waals surface area contributed by atoms with Crippen molar-refractivity contribution in [1.29, 1.82) is 0 Å². The van der Waals surface area contributed by atoms with E-state index in [-0.39, 0.29) is 5.91 Å². The number of nitrogens with zero attached hydrogens (tertiary/aromatic N) is 2. The first-order valence-electron chi connectivity index (χ1n) is 7.37. The zero-order chi connectivity index (χ0) is 17.1. The fourth-order valence-corrected chi connectivity index (χ4v) is 3.27. The number of esters is 1. The van der Waals surface area contributed by atoms with Crippen LogP contribution >= 0.6 is 11.3 Å². The average molecular weight is 340 g/mol. The molecule has 0 spiro atoms. The zero-order valence-electron chi connectivity index (χ0n) is 13.4. The molecule has 2 aromatic heterocycles. The Labute approximate surface area is 143 Å². The summed E-state index contributed by atoms with van der Waals surface area (Å²) in [6.07, 6.45) is 5.13. The van der Waals surface area contributed by atoms with Crippen LogP contribution in [0.5, 0.6) is 0 Å². The molecular formula is C18H16N2O3S. The summed E-state index contributed by atoms with van der Waals surface area (Å²) in [4.78, 5) is 31.6. The molecule has 1 aliphatic heterocycles. The highest BCUT2D eigenvalue weighted by Crippen LogP contribution is 2.33. The third kappa shape index (κ3) is 3.00. The summed E-state index contributed by atoms with van der Waals surface area (Å²) in [5.41, 5.74) is 2.18. The fraction of sp³-hybridized carbons (Fsp3) is 0.167. The molecule has 0 aromatic carbocycles. The third-order valence-corrected chi connectivity index (χ3v) is 4.61. The molecule has 0 radical (unpaired) electrons. The van der Waals surface area contributed by atoms with Crippen LogP contribution in [0.15, 0.2) is 58.9 Å². The smallest absolute Gasteiger partial charge is 0.340 e. The maximum atomic E-state index is 12.9. The predicted molar refractivity (Wildman–Crippen MR) is 91.8 cm³/mol. The second-order valence-corrected chi connectivity index (χ2v) is 6.26. The number of methoxy groups -OCH3 is 1. The maximum absolute atomic E-state index is 12.9. The maximum Gasteiger partial charge on any atom is 0.340 e. The van der Waals surface area contributed by atoms with Gasteiger partial charge in [0.25, 0.3) is 5.91 Å². The van der Waals surface area contributed by atoms with Crippen LogP contribution in [0.4, 0.5) is 0 Å². The molecule has 1 aliphatic rings. The van der Waals surface area contributed by atoms with Crippen LogP contribution < -0.4 is 0 Å². The van der Waals surface area contributed by atoms with Crippen LogP contribution in [-0.4, -0.2) is 28.9 Å². The third-order valence-electron chi connectivity index (χ3n) is 3.79. The summed E-state index contributed by atoms with van der Waals surface area (Å²) in [5, 5.41) is 1.92. The van der Waals surface area contributed by atoms with Gasteiger partial charge in [0.05, 0.1) is 24.8 Å². The van der Waals surface area contributed by atoms with Gasteiger partial charge in [0.2, 0.25) is 0 Å². The second-order valence-electron chi connectivity index (χ2n) is 5.28. The van der Waals surface area contributed by atoms with Gasteiger partial charge in [-0.3, -0.25) is 9.78 Å². The van der Waals surface area contributed by atoms with E-state index in [0.29, 0.717) is 23.4 Å². The summed E-state index contributed by atoms with van der Waals surface area (Å²) < 4.78 is 4.88. The van der Waals surface area contributed by atoms with Crippen molar-refractivity contribution >= 4 is 29.3 Å². The van der Waals surface area contributed by atoms with E-state index in [0.717, 1.165) is 10.4 Å². The van der Waals surface area contributed by atoms with Crippen molar-refractivity contribution in [3.63, 3.8) is 0 Å². The Balaban J connectivity index is 2.01. The monoisotopic (exact) mass is 340 g/mol. The van der Waals surface area contributed by atoms with Crippen LogP contribution in [0.1, 0.15) is 17.4 Å². The van der Waals surface area contributed by atoms with Gasteiger partial charge in [-0.25, -0.2) is 4.79 Å². The summed E-state index contributed by atoms with van der Waals surface area (Å²) in [7, 11) is 1.32. The van der Waals surface area contributed by atoms with E-state index in [1.54, 1.807) is 30.3 Å². The number of hydrogen-bond donors (Lipinski definition) is 0. The van der Waals surface area contributed by atoms with Crippen LogP contribution in [0.25, 0.3) is 6.08 Å². The number of rotatable bonds is 4. The van der Waals surface area contributed by atoms with E-state index < -0.39 is 5.97 Å². The Morgan fingerprint density at radius 2 is 2.21 bits per heavy atom. The van der Waals surface area contributed by atoms with Crippen molar-refractivity contribution in [2.45, 2.75) is 13.5 Å². The van der Waals surface area contributed by atoms with Crippen molar-refractivity contribution in [3.05, 3.63) is 69.3 Å². The van der Waals surface area contributed by atoms with Crippen molar-refractivity contribution < 1.29 is 14.3 Å². The number of carbonyl (C=O) groups excluding carboxylic acids is 2. The Hall–Kier alpha value is -2.73. The molecule has 3 heterocycles. The number of hydrogen-bond acceptors (Lipinski definition) is 5. The molecule has 5 nitrogen and oxygen atoms in total. The van der Waals surface area contributed by atoms with E-state index in [9.17, 15) is 9.59 Å². The molecule has 0 atom stereocenters. The minimum atomic E-state index is -0.502. The number of amides is 1. The molecule has 0 saturated carbocycles. The number of pyridine rings is 1. The van der Waals surface area contributed by atoms with Crippen molar-refractivity contribution in [2.24, 2.45) is 0 Å². The zero-order valence-corrected chi connectivity index (χ0v) is 14.2. The van der Waals surface area contributed by atoms with Crippen LogP contribution in [-0.2, 0) is 20.9 Å². The number of thiophene rings is 1. The van der Waals surface area contributed by atoms with Crippen LogP contribution in [0.3, 0.4) is 0 Å². The van der Waals surface area contributed by atoms with Gasteiger partial charge in [-0.1, -0.05) is 12.1 Å². The number of aromatic nitrogens is 1. The predicted octanol–water partition coefficient (Wildman–Crippen LogP) is 3.02. The summed E-state index contributed by atoms with van der Waals surface area (Å²) in [6, 6.07) is 7.52. The quantitative estimate of drug-likeness (QED) is 0.634. The molecule has 0 saturated heterocycles. The lowest BCUT2D eigenvalue weighted by Crippen LogP contribution is -2.24. The molecular weight excluding hydrogens is 324 g/mol. The molecule has 6 heteroatoms. The van der Waals surface area contributed by atoms with Crippen molar-refractivity contribution in [1.82, 2.24) is 9.88 Å². The molecule has 0 unspecified atom stereocenters. The van der Waals surface area contributed by atoms with Crippen LogP contribution in [0, 0.1) is 0 Å². The second kappa shape index (κ2) is 6.80. The van der Waals surface area contributed by atoms with E-state index in [2.05, 4.69) is 4.98 Å². The van der Waals surface area contributed by atoms with Gasteiger partial charge in [-0.2, -0.15) is 0 Å². The van der Waals surface area contributed by atoms with E-state index >= 15 is 0 Å². The first-order valence-corrected chi connectivity index (χ1v) is 8.25. The van der Waals surface area contributed by atoms with Crippen molar-refractivity contribution in [2.75, 3.05) is 7.11 Å². The molecule has 122 valence electrons. The van der Waals surface area contributed by atoms with E-state index in [4.69, 9.17) is 4.74 Å². The van der Waals surface area contributed by atoms with Gasteiger partial charge in [-0.05, 0) is 36.1 Å². The summed E-state index contributed by atoms with van der Waals surface area (Å²) >= 11 is 1.51. The highest BCUT2D eigenvalue weighted by Gasteiger charge is 2.37. The van der Waals surface area contributed by atoms with Crippen molar-refractivity contribution in [3.8, 4) is 0 Å². The van der Waals surface area contributed by atoms with Gasteiger partial charge in [0.15, 0.2) is 0 Å². The SMILES string of the molecule is COC(=O)C1=C(C)N(Cc2cccnc2)C(=O)C1=Cc1cccs1. The number of carbonyl (C=O) groups is 2. The molecule has 24 heavy (non-hydrogen) atoms. The van der Waals surface area contributed by atoms with Gasteiger partial charge in [0, 0.05) is 23.0 Å². The highest BCUT2D eigenvalue weighted by atomic mass is 32.1. The fourth-order valence-electron chi connectivity index (χ4n) is 2.61. The molecule has 0 bridgehead atoms. The van der Waals surface area contributed by atoms with Gasteiger partial charge >= 0.3 is 5.97 Å². The molecule has 0 N–H and O–H groups in total. The Morgan fingerprint density at radius 3 is 2.83 bits per heavy atom. The standard InChI is InChI=1S/C18H16N2O3S/c1-12-16(18(22)23-2)15(9-14-6-4-8-24-14)17(21)20(12)11-13-5-3-7-19-10-13/h3-10H,11H2,1-2H3. The lowest BCUT2D eigenvalue weighted by atomic mass is 10.1. The Bertz CT molecular complexity index is 823. The molecule has 2 aromatic rings. The number of allylic oxidation sites excluding steroid dienone is 1. The van der Waals surface area contributed by atoms with Gasteiger partial charge < -0.3 is 9.64 Å². The molecule has 0 fully saturated rings. The molecule has 1 amide bonds. The lowest BCUT2D eigenvalue weighted by Gasteiger charge is -2.17. The van der Waals surface area contributed by atoms with Gasteiger partial charge in [-0.15, -0.1) is 11.3 Å².